The second kappa shape index (κ2) is 5.13. The molecule has 0 atom stereocenters. The summed E-state index contributed by atoms with van der Waals surface area (Å²) >= 11 is 0. The normalized spacial score (nSPS) is 9.78. The molecule has 0 aliphatic carbocycles. The second-order valence-electron chi connectivity index (χ2n) is 3.42. The van der Waals surface area contributed by atoms with E-state index in [0.717, 1.165) is 12.1 Å². The van der Waals surface area contributed by atoms with Crippen molar-refractivity contribution in [2.24, 2.45) is 0 Å². The molecule has 0 bridgehead atoms. The maximum absolute atomic E-state index is 11.1. The summed E-state index contributed by atoms with van der Waals surface area (Å²) in [5.74, 6) is -4.21. The Morgan fingerprint density at radius 1 is 1.00 bits per heavy atom. The van der Waals surface area contributed by atoms with Gasteiger partial charge in [-0.05, 0) is 24.1 Å². The lowest BCUT2D eigenvalue weighted by Gasteiger charge is -2.10. The number of aromatic carboxylic acids is 3. The zero-order chi connectivity index (χ0) is 13.9. The van der Waals surface area contributed by atoms with Crippen molar-refractivity contribution >= 4 is 17.9 Å². The summed E-state index contributed by atoms with van der Waals surface area (Å²) in [5.41, 5.74) is -1.26. The first-order valence-corrected chi connectivity index (χ1v) is 4.86. The Bertz CT molecular complexity index is 544. The molecule has 0 aliphatic rings. The molecular weight excluding hydrogens is 240 g/mol. The molecule has 6 nitrogen and oxygen atoms in total. The molecule has 0 aromatic heterocycles. The Labute approximate surface area is 102 Å². The first-order valence-electron chi connectivity index (χ1n) is 4.86. The van der Waals surface area contributed by atoms with Gasteiger partial charge in [0.15, 0.2) is 0 Å². The van der Waals surface area contributed by atoms with Crippen molar-refractivity contribution in [2.45, 2.75) is 6.42 Å². The highest BCUT2D eigenvalue weighted by Gasteiger charge is 2.24. The smallest absolute Gasteiger partial charge is 0.336 e. The molecule has 0 spiro atoms. The summed E-state index contributed by atoms with van der Waals surface area (Å²) in [5, 5.41) is 26.9. The largest absolute Gasteiger partial charge is 0.478 e. The van der Waals surface area contributed by atoms with Gasteiger partial charge in [0.05, 0.1) is 16.7 Å². The molecule has 1 aromatic rings. The SMILES string of the molecule is C=CCc1c(C(=O)O)ccc(C(=O)O)c1C(=O)O. The third-order valence-electron chi connectivity index (χ3n) is 2.34. The fraction of sp³-hybridized carbons (Fsp3) is 0.0833. The summed E-state index contributed by atoms with van der Waals surface area (Å²) in [6.45, 7) is 3.40. The summed E-state index contributed by atoms with van der Waals surface area (Å²) in [7, 11) is 0. The van der Waals surface area contributed by atoms with Crippen LogP contribution in [0.25, 0.3) is 0 Å². The Morgan fingerprint density at radius 2 is 1.50 bits per heavy atom. The zero-order valence-electron chi connectivity index (χ0n) is 9.21. The molecule has 0 aliphatic heterocycles. The molecular formula is C12H10O6. The van der Waals surface area contributed by atoms with Gasteiger partial charge in [-0.2, -0.15) is 0 Å². The van der Waals surface area contributed by atoms with Crippen LogP contribution in [0.1, 0.15) is 36.6 Å². The fourth-order valence-corrected chi connectivity index (χ4v) is 1.63. The average Bonchev–Trinajstić information content (AvgIpc) is 2.27. The van der Waals surface area contributed by atoms with Gasteiger partial charge in [0.1, 0.15) is 0 Å². The maximum Gasteiger partial charge on any atom is 0.336 e. The lowest BCUT2D eigenvalue weighted by molar-refractivity contribution is 0.0648. The molecule has 1 rings (SSSR count). The highest BCUT2D eigenvalue weighted by atomic mass is 16.4. The number of benzene rings is 1. The van der Waals surface area contributed by atoms with Gasteiger partial charge < -0.3 is 15.3 Å². The van der Waals surface area contributed by atoms with Crippen LogP contribution in [0.4, 0.5) is 0 Å². The van der Waals surface area contributed by atoms with Crippen LogP contribution in [-0.2, 0) is 6.42 Å². The molecule has 1 aromatic carbocycles. The van der Waals surface area contributed by atoms with Crippen molar-refractivity contribution < 1.29 is 29.7 Å². The molecule has 0 saturated carbocycles. The molecule has 0 unspecified atom stereocenters. The Hall–Kier alpha value is -2.63. The van der Waals surface area contributed by atoms with E-state index in [9.17, 15) is 14.4 Å². The molecule has 18 heavy (non-hydrogen) atoms. The average molecular weight is 250 g/mol. The van der Waals surface area contributed by atoms with E-state index < -0.39 is 29.0 Å². The van der Waals surface area contributed by atoms with Crippen molar-refractivity contribution in [2.75, 3.05) is 0 Å². The zero-order valence-corrected chi connectivity index (χ0v) is 9.21. The standard InChI is InChI=1S/C12H10O6/c1-2-3-6-7(10(13)14)4-5-8(11(15)16)9(6)12(17)18/h2,4-5H,1,3H2,(H,13,14)(H,15,16)(H,17,18). The van der Waals surface area contributed by atoms with Gasteiger partial charge in [-0.1, -0.05) is 6.08 Å². The number of rotatable bonds is 5. The first-order chi connectivity index (χ1) is 8.40. The molecule has 94 valence electrons. The van der Waals surface area contributed by atoms with Gasteiger partial charge in [0.2, 0.25) is 0 Å². The van der Waals surface area contributed by atoms with E-state index >= 15 is 0 Å². The maximum atomic E-state index is 11.1. The highest BCUT2D eigenvalue weighted by Crippen LogP contribution is 2.21. The van der Waals surface area contributed by atoms with Gasteiger partial charge in [0.25, 0.3) is 0 Å². The Morgan fingerprint density at radius 3 is 1.89 bits per heavy atom. The van der Waals surface area contributed by atoms with Crippen LogP contribution in [0.3, 0.4) is 0 Å². The third-order valence-corrected chi connectivity index (χ3v) is 2.34. The Balaban J connectivity index is 3.69. The van der Waals surface area contributed by atoms with Crippen LogP contribution < -0.4 is 0 Å². The molecule has 6 heteroatoms. The highest BCUT2D eigenvalue weighted by molar-refractivity contribution is 6.05. The second-order valence-corrected chi connectivity index (χ2v) is 3.42. The number of carboxylic acid groups (broad SMARTS) is 3. The van der Waals surface area contributed by atoms with Crippen molar-refractivity contribution in [3.63, 3.8) is 0 Å². The molecule has 0 amide bonds. The lowest BCUT2D eigenvalue weighted by Crippen LogP contribution is -2.15. The van der Waals surface area contributed by atoms with Crippen LogP contribution in [-0.4, -0.2) is 33.2 Å². The van der Waals surface area contributed by atoms with Crippen LogP contribution in [0, 0.1) is 0 Å². The fourth-order valence-electron chi connectivity index (χ4n) is 1.63. The minimum Gasteiger partial charge on any atom is -0.478 e. The number of allylic oxidation sites excluding steroid dienone is 1. The number of hydrogen-bond donors (Lipinski definition) is 3. The lowest BCUT2D eigenvalue weighted by atomic mass is 9.93. The predicted molar refractivity (Wildman–Crippen MR) is 61.2 cm³/mol. The van der Waals surface area contributed by atoms with Crippen LogP contribution >= 0.6 is 0 Å². The van der Waals surface area contributed by atoms with Gasteiger partial charge in [-0.15, -0.1) is 6.58 Å². The van der Waals surface area contributed by atoms with E-state index in [1.807, 2.05) is 0 Å². The molecule has 0 saturated heterocycles. The van der Waals surface area contributed by atoms with E-state index in [4.69, 9.17) is 15.3 Å². The van der Waals surface area contributed by atoms with Gasteiger partial charge >= 0.3 is 17.9 Å². The van der Waals surface area contributed by atoms with E-state index in [1.165, 1.54) is 6.08 Å². The van der Waals surface area contributed by atoms with Crippen LogP contribution in [0.2, 0.25) is 0 Å². The van der Waals surface area contributed by atoms with Crippen LogP contribution in [0.5, 0.6) is 0 Å². The Kier molecular flexibility index (Phi) is 3.83. The first kappa shape index (κ1) is 13.4. The van der Waals surface area contributed by atoms with E-state index in [1.54, 1.807) is 0 Å². The summed E-state index contributed by atoms with van der Waals surface area (Å²) in [6.07, 6.45) is 1.28. The minimum absolute atomic E-state index is 0.0373. The van der Waals surface area contributed by atoms with E-state index in [0.29, 0.717) is 0 Å². The minimum atomic E-state index is -1.48. The topological polar surface area (TPSA) is 112 Å². The van der Waals surface area contributed by atoms with Crippen LogP contribution in [0.15, 0.2) is 24.8 Å². The molecule has 0 heterocycles. The number of hydrogen-bond acceptors (Lipinski definition) is 3. The molecule has 3 N–H and O–H groups in total. The van der Waals surface area contributed by atoms with Crippen molar-refractivity contribution in [1.29, 1.82) is 0 Å². The van der Waals surface area contributed by atoms with Gasteiger partial charge in [-0.25, -0.2) is 14.4 Å². The van der Waals surface area contributed by atoms with Crippen molar-refractivity contribution in [3.8, 4) is 0 Å². The number of carboxylic acids is 3. The van der Waals surface area contributed by atoms with E-state index in [2.05, 4.69) is 6.58 Å². The molecule has 0 fully saturated rings. The summed E-state index contributed by atoms with van der Waals surface area (Å²) < 4.78 is 0. The van der Waals surface area contributed by atoms with Gasteiger partial charge in [0, 0.05) is 0 Å². The third kappa shape index (κ3) is 2.37. The van der Waals surface area contributed by atoms with E-state index in [-0.39, 0.29) is 17.5 Å². The molecule has 0 radical (unpaired) electrons. The monoisotopic (exact) mass is 250 g/mol. The number of carbonyl (C=O) groups is 3. The predicted octanol–water partition coefficient (Wildman–Crippen LogP) is 1.51. The summed E-state index contributed by atoms with van der Waals surface area (Å²) in [4.78, 5) is 33.0. The van der Waals surface area contributed by atoms with Crippen molar-refractivity contribution in [1.82, 2.24) is 0 Å². The van der Waals surface area contributed by atoms with Crippen molar-refractivity contribution in [3.05, 3.63) is 47.0 Å². The summed E-state index contributed by atoms with van der Waals surface area (Å²) in [6, 6.07) is 2.05. The quantitative estimate of drug-likeness (QED) is 0.683. The van der Waals surface area contributed by atoms with Gasteiger partial charge in [-0.3, -0.25) is 0 Å².